The van der Waals surface area contributed by atoms with E-state index in [1.165, 1.54) is 12.3 Å². The van der Waals surface area contributed by atoms with E-state index in [1.54, 1.807) is 19.1 Å². The summed E-state index contributed by atoms with van der Waals surface area (Å²) in [5, 5.41) is 12.6. The van der Waals surface area contributed by atoms with Crippen molar-refractivity contribution in [3.63, 3.8) is 0 Å². The van der Waals surface area contributed by atoms with Gasteiger partial charge in [0.15, 0.2) is 5.58 Å². The van der Waals surface area contributed by atoms with Crippen LogP contribution in [0.5, 0.6) is 0 Å². The molecule has 0 atom stereocenters. The van der Waals surface area contributed by atoms with E-state index < -0.39 is 11.5 Å². The SMILES string of the molecule is Cc1cccc(NC(=O)c2cc3c(CO)cnc(C)c3oc2=O)c1. The smallest absolute Gasteiger partial charge is 0.349 e. The van der Waals surface area contributed by atoms with Gasteiger partial charge in [-0.3, -0.25) is 9.78 Å². The van der Waals surface area contributed by atoms with Crippen LogP contribution < -0.4 is 10.9 Å². The second kappa shape index (κ2) is 6.25. The molecule has 6 nitrogen and oxygen atoms in total. The Kier molecular flexibility index (Phi) is 4.14. The van der Waals surface area contributed by atoms with Gasteiger partial charge in [-0.05, 0) is 37.6 Å². The number of hydrogen-bond donors (Lipinski definition) is 2. The fourth-order valence-electron chi connectivity index (χ4n) is 2.49. The molecule has 0 fully saturated rings. The maximum atomic E-state index is 12.4. The molecule has 1 aromatic carbocycles. The van der Waals surface area contributed by atoms with Crippen molar-refractivity contribution in [3.05, 3.63) is 69.3 Å². The number of nitrogens with zero attached hydrogens (tertiary/aromatic N) is 1. The van der Waals surface area contributed by atoms with Crippen molar-refractivity contribution in [1.82, 2.24) is 4.98 Å². The number of hydrogen-bond acceptors (Lipinski definition) is 5. The first-order chi connectivity index (χ1) is 11.5. The number of benzene rings is 1. The number of carbonyl (C=O) groups excluding carboxylic acids is 1. The first kappa shape index (κ1) is 15.9. The van der Waals surface area contributed by atoms with E-state index >= 15 is 0 Å². The summed E-state index contributed by atoms with van der Waals surface area (Å²) in [5.41, 5.74) is 2.00. The summed E-state index contributed by atoms with van der Waals surface area (Å²) in [4.78, 5) is 28.7. The van der Waals surface area contributed by atoms with Crippen molar-refractivity contribution in [3.8, 4) is 0 Å². The highest BCUT2D eigenvalue weighted by Gasteiger charge is 2.17. The molecule has 0 bridgehead atoms. The third kappa shape index (κ3) is 2.91. The molecule has 0 spiro atoms. The van der Waals surface area contributed by atoms with Crippen LogP contribution in [0.15, 0.2) is 45.7 Å². The standard InChI is InChI=1S/C18H16N2O4/c1-10-4-3-5-13(6-10)20-17(22)15-7-14-12(9-21)8-19-11(2)16(14)24-18(15)23/h3-8,21H,9H2,1-2H3,(H,20,22). The molecule has 0 saturated heterocycles. The number of nitrogens with one attached hydrogen (secondary N) is 1. The molecule has 3 aromatic rings. The van der Waals surface area contributed by atoms with E-state index in [0.29, 0.717) is 22.3 Å². The number of amides is 1. The number of pyridine rings is 1. The largest absolute Gasteiger partial charge is 0.420 e. The molecule has 0 aliphatic heterocycles. The van der Waals surface area contributed by atoms with Gasteiger partial charge >= 0.3 is 5.63 Å². The minimum Gasteiger partial charge on any atom is -0.420 e. The molecular weight excluding hydrogens is 308 g/mol. The van der Waals surface area contributed by atoms with Crippen LogP contribution in [0.1, 0.15) is 27.2 Å². The van der Waals surface area contributed by atoms with Crippen LogP contribution >= 0.6 is 0 Å². The second-order valence-electron chi connectivity index (χ2n) is 5.54. The summed E-state index contributed by atoms with van der Waals surface area (Å²) in [5.74, 6) is -0.561. The van der Waals surface area contributed by atoms with Crippen molar-refractivity contribution in [2.75, 3.05) is 5.32 Å². The van der Waals surface area contributed by atoms with Gasteiger partial charge in [0.1, 0.15) is 5.56 Å². The third-order valence-electron chi connectivity index (χ3n) is 3.73. The number of aliphatic hydroxyl groups excluding tert-OH is 1. The molecule has 2 aromatic heterocycles. The first-order valence-corrected chi connectivity index (χ1v) is 7.41. The third-order valence-corrected chi connectivity index (χ3v) is 3.73. The van der Waals surface area contributed by atoms with Crippen molar-refractivity contribution < 1.29 is 14.3 Å². The molecule has 0 radical (unpaired) electrons. The molecule has 0 unspecified atom stereocenters. The molecule has 6 heteroatoms. The van der Waals surface area contributed by atoms with E-state index in [9.17, 15) is 14.7 Å². The highest BCUT2D eigenvalue weighted by atomic mass is 16.4. The Labute approximate surface area is 137 Å². The van der Waals surface area contributed by atoms with Gasteiger partial charge in [0.25, 0.3) is 5.91 Å². The Morgan fingerprint density at radius 2 is 2.08 bits per heavy atom. The Bertz CT molecular complexity index is 992. The molecule has 3 rings (SSSR count). The number of aliphatic hydroxyl groups is 1. The number of carbonyl (C=O) groups is 1. The van der Waals surface area contributed by atoms with Gasteiger partial charge < -0.3 is 14.8 Å². The van der Waals surface area contributed by atoms with E-state index in [1.807, 2.05) is 19.1 Å². The lowest BCUT2D eigenvalue weighted by atomic mass is 10.1. The molecule has 0 aliphatic carbocycles. The van der Waals surface area contributed by atoms with Gasteiger partial charge in [-0.1, -0.05) is 12.1 Å². The molecule has 122 valence electrons. The van der Waals surface area contributed by atoms with Crippen molar-refractivity contribution in [2.45, 2.75) is 20.5 Å². The van der Waals surface area contributed by atoms with Crippen LogP contribution in [0.3, 0.4) is 0 Å². The first-order valence-electron chi connectivity index (χ1n) is 7.41. The van der Waals surface area contributed by atoms with Crippen LogP contribution in [0, 0.1) is 13.8 Å². The van der Waals surface area contributed by atoms with Crippen LogP contribution in [0.2, 0.25) is 0 Å². The van der Waals surface area contributed by atoms with Gasteiger partial charge in [-0.15, -0.1) is 0 Å². The Hall–Kier alpha value is -2.99. The lowest BCUT2D eigenvalue weighted by molar-refractivity contribution is 0.102. The number of rotatable bonds is 3. The summed E-state index contributed by atoms with van der Waals surface area (Å²) in [6, 6.07) is 8.69. The summed E-state index contributed by atoms with van der Waals surface area (Å²) in [7, 11) is 0. The van der Waals surface area contributed by atoms with Crippen molar-refractivity contribution in [2.24, 2.45) is 0 Å². The maximum absolute atomic E-state index is 12.4. The summed E-state index contributed by atoms with van der Waals surface area (Å²) in [6.45, 7) is 3.33. The molecule has 2 N–H and O–H groups in total. The van der Waals surface area contributed by atoms with Crippen LogP contribution in [0.25, 0.3) is 11.0 Å². The predicted molar refractivity (Wildman–Crippen MR) is 90.1 cm³/mol. The minimum absolute atomic E-state index is 0.121. The van der Waals surface area contributed by atoms with Gasteiger partial charge in [0.05, 0.1) is 12.3 Å². The summed E-state index contributed by atoms with van der Waals surface area (Å²) in [6.07, 6.45) is 1.50. The Balaban J connectivity index is 2.07. The zero-order chi connectivity index (χ0) is 17.3. The average Bonchev–Trinajstić information content (AvgIpc) is 2.55. The van der Waals surface area contributed by atoms with Crippen molar-refractivity contribution >= 4 is 22.6 Å². The highest BCUT2D eigenvalue weighted by molar-refractivity contribution is 6.05. The Morgan fingerprint density at radius 1 is 1.29 bits per heavy atom. The van der Waals surface area contributed by atoms with E-state index in [2.05, 4.69) is 10.3 Å². The summed E-state index contributed by atoms with van der Waals surface area (Å²) >= 11 is 0. The quantitative estimate of drug-likeness (QED) is 0.772. The lowest BCUT2D eigenvalue weighted by Gasteiger charge is -2.08. The van der Waals surface area contributed by atoms with Gasteiger partial charge in [-0.2, -0.15) is 0 Å². The van der Waals surface area contributed by atoms with E-state index in [4.69, 9.17) is 4.42 Å². The molecular formula is C18H16N2O4. The molecule has 24 heavy (non-hydrogen) atoms. The molecule has 0 aliphatic rings. The van der Waals surface area contributed by atoms with Crippen LogP contribution in [-0.4, -0.2) is 16.0 Å². The average molecular weight is 324 g/mol. The Morgan fingerprint density at radius 3 is 2.79 bits per heavy atom. The monoisotopic (exact) mass is 324 g/mol. The minimum atomic E-state index is -0.743. The highest BCUT2D eigenvalue weighted by Crippen LogP contribution is 2.21. The van der Waals surface area contributed by atoms with E-state index in [0.717, 1.165) is 5.56 Å². The normalized spacial score (nSPS) is 10.8. The zero-order valence-electron chi connectivity index (χ0n) is 13.3. The van der Waals surface area contributed by atoms with E-state index in [-0.39, 0.29) is 17.8 Å². The number of anilines is 1. The topological polar surface area (TPSA) is 92.4 Å². The zero-order valence-corrected chi connectivity index (χ0v) is 13.3. The number of aromatic nitrogens is 1. The van der Waals surface area contributed by atoms with Gasteiger partial charge in [-0.25, -0.2) is 4.79 Å². The van der Waals surface area contributed by atoms with Gasteiger partial charge in [0.2, 0.25) is 0 Å². The fourth-order valence-corrected chi connectivity index (χ4v) is 2.49. The lowest BCUT2D eigenvalue weighted by Crippen LogP contribution is -2.21. The molecule has 1 amide bonds. The molecule has 0 saturated carbocycles. The predicted octanol–water partition coefficient (Wildman–Crippen LogP) is 2.55. The second-order valence-corrected chi connectivity index (χ2v) is 5.54. The summed E-state index contributed by atoms with van der Waals surface area (Å²) < 4.78 is 5.26. The van der Waals surface area contributed by atoms with Crippen LogP contribution in [-0.2, 0) is 6.61 Å². The number of fused-ring (bicyclic) bond motifs is 1. The maximum Gasteiger partial charge on any atom is 0.349 e. The van der Waals surface area contributed by atoms with Crippen molar-refractivity contribution in [1.29, 1.82) is 0 Å². The fraction of sp³-hybridized carbons (Fsp3) is 0.167. The molecule has 2 heterocycles. The number of aryl methyl sites for hydroxylation is 2. The van der Waals surface area contributed by atoms with Gasteiger partial charge in [0, 0.05) is 22.8 Å². The van der Waals surface area contributed by atoms with Crippen LogP contribution in [0.4, 0.5) is 5.69 Å².